The van der Waals surface area contributed by atoms with Crippen LogP contribution in [0.15, 0.2) is 54.6 Å². The van der Waals surface area contributed by atoms with E-state index in [4.69, 9.17) is 0 Å². The first kappa shape index (κ1) is 12.9. The molecule has 2 rings (SSSR count). The van der Waals surface area contributed by atoms with Crippen molar-refractivity contribution in [2.24, 2.45) is 0 Å². The molecule has 3 nitrogen and oxygen atoms in total. The molecule has 2 aromatic rings. The largest absolute Gasteiger partial charge is 0.508 e. The summed E-state index contributed by atoms with van der Waals surface area (Å²) in [6.07, 6.45) is 1.54. The minimum Gasteiger partial charge on any atom is -0.508 e. The van der Waals surface area contributed by atoms with Crippen molar-refractivity contribution in [1.82, 2.24) is 0 Å². The summed E-state index contributed by atoms with van der Waals surface area (Å²) in [7, 11) is 0. The molecule has 0 atom stereocenters. The van der Waals surface area contributed by atoms with Crippen LogP contribution in [0.2, 0.25) is 0 Å². The van der Waals surface area contributed by atoms with Crippen LogP contribution in [0.4, 0.5) is 0 Å². The summed E-state index contributed by atoms with van der Waals surface area (Å²) < 4.78 is 0. The van der Waals surface area contributed by atoms with Crippen molar-refractivity contribution in [3.05, 3.63) is 65.7 Å². The quantitative estimate of drug-likeness (QED) is 0.652. The van der Waals surface area contributed by atoms with E-state index in [0.29, 0.717) is 5.56 Å². The van der Waals surface area contributed by atoms with Gasteiger partial charge in [-0.15, -0.1) is 0 Å². The number of hydrogen-bond donors (Lipinski definition) is 2. The van der Waals surface area contributed by atoms with Gasteiger partial charge in [-0.25, -0.2) is 0 Å². The van der Waals surface area contributed by atoms with Crippen LogP contribution in [0.25, 0.3) is 5.57 Å². The third kappa shape index (κ3) is 3.22. The third-order valence-electron chi connectivity index (χ3n) is 2.82. The monoisotopic (exact) mass is 254 g/mol. The molecule has 96 valence electrons. The molecule has 0 bridgehead atoms. The number of carbonyl (C=O) groups excluding carboxylic acids is 1. The molecule has 0 amide bonds. The topological polar surface area (TPSA) is 57.5 Å². The van der Waals surface area contributed by atoms with Gasteiger partial charge in [0, 0.05) is 5.56 Å². The van der Waals surface area contributed by atoms with Crippen LogP contribution in [-0.2, 0) is 0 Å². The Hall–Kier alpha value is -2.55. The fourth-order valence-electron chi connectivity index (χ4n) is 1.71. The van der Waals surface area contributed by atoms with E-state index >= 15 is 0 Å². The van der Waals surface area contributed by atoms with Gasteiger partial charge in [0.05, 0.1) is 0 Å². The van der Waals surface area contributed by atoms with E-state index in [9.17, 15) is 15.0 Å². The fourth-order valence-corrected chi connectivity index (χ4v) is 1.71. The van der Waals surface area contributed by atoms with Crippen LogP contribution < -0.4 is 0 Å². The molecule has 0 spiro atoms. The van der Waals surface area contributed by atoms with Crippen molar-refractivity contribution >= 4 is 11.4 Å². The number of phenols is 2. The molecule has 0 saturated carbocycles. The van der Waals surface area contributed by atoms with Crippen LogP contribution in [0, 0.1) is 0 Å². The molecule has 0 aliphatic heterocycles. The number of phenolic OH excluding ortho intramolecular Hbond substituents is 2. The Morgan fingerprint density at radius 1 is 0.842 bits per heavy atom. The smallest absolute Gasteiger partial charge is 0.186 e. The Morgan fingerprint density at radius 3 is 1.74 bits per heavy atom. The Morgan fingerprint density at radius 2 is 1.26 bits per heavy atom. The predicted octanol–water partition coefficient (Wildman–Crippen LogP) is 3.38. The molecule has 0 aromatic heterocycles. The maximum Gasteiger partial charge on any atom is 0.186 e. The second-order valence-electron chi connectivity index (χ2n) is 4.29. The van der Waals surface area contributed by atoms with Gasteiger partial charge in [0.25, 0.3) is 0 Å². The zero-order valence-corrected chi connectivity index (χ0v) is 10.5. The lowest BCUT2D eigenvalue weighted by Crippen LogP contribution is -1.95. The van der Waals surface area contributed by atoms with Crippen molar-refractivity contribution in [3.8, 4) is 11.5 Å². The Bertz CT molecular complexity index is 607. The Kier molecular flexibility index (Phi) is 3.66. The summed E-state index contributed by atoms with van der Waals surface area (Å²) >= 11 is 0. The van der Waals surface area contributed by atoms with Crippen LogP contribution >= 0.6 is 0 Å². The van der Waals surface area contributed by atoms with E-state index in [0.717, 1.165) is 11.1 Å². The SMILES string of the molecule is CC(=CC(=O)c1ccc(O)cc1)c1ccc(O)cc1. The minimum atomic E-state index is -0.120. The maximum atomic E-state index is 12.0. The van der Waals surface area contributed by atoms with Gasteiger partial charge >= 0.3 is 0 Å². The van der Waals surface area contributed by atoms with E-state index in [1.807, 2.05) is 6.92 Å². The summed E-state index contributed by atoms with van der Waals surface area (Å²) in [4.78, 5) is 12.0. The lowest BCUT2D eigenvalue weighted by Gasteiger charge is -2.02. The van der Waals surface area contributed by atoms with Crippen molar-refractivity contribution in [2.75, 3.05) is 0 Å². The highest BCUT2D eigenvalue weighted by Crippen LogP contribution is 2.18. The van der Waals surface area contributed by atoms with Gasteiger partial charge < -0.3 is 10.2 Å². The molecule has 0 aliphatic carbocycles. The van der Waals surface area contributed by atoms with E-state index < -0.39 is 0 Å². The number of ketones is 1. The van der Waals surface area contributed by atoms with Gasteiger partial charge in [-0.3, -0.25) is 4.79 Å². The standard InChI is InChI=1S/C16H14O3/c1-11(12-2-6-14(17)7-3-12)10-16(19)13-4-8-15(18)9-5-13/h2-10,17-18H,1H3. The first-order valence-electron chi connectivity index (χ1n) is 5.87. The lowest BCUT2D eigenvalue weighted by molar-refractivity contribution is 0.104. The zero-order valence-electron chi connectivity index (χ0n) is 10.5. The first-order chi connectivity index (χ1) is 9.06. The Labute approximate surface area is 111 Å². The van der Waals surface area contributed by atoms with Crippen LogP contribution in [0.1, 0.15) is 22.8 Å². The van der Waals surface area contributed by atoms with Gasteiger partial charge in [-0.2, -0.15) is 0 Å². The van der Waals surface area contributed by atoms with E-state index in [-0.39, 0.29) is 17.3 Å². The highest BCUT2D eigenvalue weighted by molar-refractivity contribution is 6.08. The van der Waals surface area contributed by atoms with Crippen LogP contribution in [-0.4, -0.2) is 16.0 Å². The average molecular weight is 254 g/mol. The summed E-state index contributed by atoms with van der Waals surface area (Å²) in [5.41, 5.74) is 2.22. The molecule has 0 aliphatic rings. The lowest BCUT2D eigenvalue weighted by atomic mass is 10.0. The van der Waals surface area contributed by atoms with Crippen molar-refractivity contribution in [3.63, 3.8) is 0 Å². The fraction of sp³-hybridized carbons (Fsp3) is 0.0625. The van der Waals surface area contributed by atoms with Gasteiger partial charge in [-0.1, -0.05) is 12.1 Å². The number of allylic oxidation sites excluding steroid dienone is 2. The minimum absolute atomic E-state index is 0.120. The van der Waals surface area contributed by atoms with Gasteiger partial charge in [0.1, 0.15) is 11.5 Å². The van der Waals surface area contributed by atoms with E-state index in [2.05, 4.69) is 0 Å². The molecular formula is C16H14O3. The molecule has 19 heavy (non-hydrogen) atoms. The van der Waals surface area contributed by atoms with Crippen LogP contribution in [0.3, 0.4) is 0 Å². The molecule has 0 fully saturated rings. The second kappa shape index (κ2) is 5.40. The normalized spacial score (nSPS) is 11.3. The molecule has 2 aromatic carbocycles. The molecule has 2 N–H and O–H groups in total. The molecule has 0 radical (unpaired) electrons. The molecule has 0 unspecified atom stereocenters. The first-order valence-corrected chi connectivity index (χ1v) is 5.87. The van der Waals surface area contributed by atoms with Crippen molar-refractivity contribution in [1.29, 1.82) is 0 Å². The van der Waals surface area contributed by atoms with Gasteiger partial charge in [0.15, 0.2) is 5.78 Å². The summed E-state index contributed by atoms with van der Waals surface area (Å²) in [5.74, 6) is 0.211. The number of rotatable bonds is 3. The van der Waals surface area contributed by atoms with E-state index in [1.165, 1.54) is 12.1 Å². The Balaban J connectivity index is 2.22. The third-order valence-corrected chi connectivity index (χ3v) is 2.82. The maximum absolute atomic E-state index is 12.0. The molecule has 0 saturated heterocycles. The van der Waals surface area contributed by atoms with Gasteiger partial charge in [-0.05, 0) is 60.5 Å². The predicted molar refractivity (Wildman–Crippen MR) is 74.2 cm³/mol. The van der Waals surface area contributed by atoms with Crippen molar-refractivity contribution in [2.45, 2.75) is 6.92 Å². The zero-order chi connectivity index (χ0) is 13.8. The second-order valence-corrected chi connectivity index (χ2v) is 4.29. The summed E-state index contributed by atoms with van der Waals surface area (Å²) in [6.45, 7) is 1.84. The highest BCUT2D eigenvalue weighted by Gasteiger charge is 2.04. The molecule has 3 heteroatoms. The van der Waals surface area contributed by atoms with Crippen LogP contribution in [0.5, 0.6) is 11.5 Å². The van der Waals surface area contributed by atoms with E-state index in [1.54, 1.807) is 42.5 Å². The van der Waals surface area contributed by atoms with Crippen molar-refractivity contribution < 1.29 is 15.0 Å². The number of aromatic hydroxyl groups is 2. The number of hydrogen-bond acceptors (Lipinski definition) is 3. The summed E-state index contributed by atoms with van der Waals surface area (Å²) in [6, 6.07) is 12.8. The van der Waals surface area contributed by atoms with Gasteiger partial charge in [0.2, 0.25) is 0 Å². The number of benzene rings is 2. The number of carbonyl (C=O) groups is 1. The molecular weight excluding hydrogens is 240 g/mol. The average Bonchev–Trinajstić information content (AvgIpc) is 2.40. The summed E-state index contributed by atoms with van der Waals surface area (Å²) in [5, 5.41) is 18.4. The highest BCUT2D eigenvalue weighted by atomic mass is 16.3. The molecule has 0 heterocycles.